The van der Waals surface area contributed by atoms with Crippen LogP contribution in [0.25, 0.3) is 22.0 Å². The Bertz CT molecular complexity index is 1150. The van der Waals surface area contributed by atoms with Gasteiger partial charge in [0.05, 0.1) is 18.5 Å². The smallest absolute Gasteiger partial charge is 0.306 e. The Balaban J connectivity index is 2.15. The van der Waals surface area contributed by atoms with Gasteiger partial charge in [-0.2, -0.15) is 5.26 Å². The maximum Gasteiger partial charge on any atom is 0.306 e. The molecule has 1 aromatic heterocycles. The number of carbonyl (C=O) groups is 2. The van der Waals surface area contributed by atoms with Crippen molar-refractivity contribution in [3.05, 3.63) is 59.3 Å². The molecule has 1 N–H and O–H groups in total. The lowest BCUT2D eigenvalue weighted by molar-refractivity contribution is -0.143. The lowest BCUT2D eigenvalue weighted by Crippen LogP contribution is -2.10. The SMILES string of the molecule is CCOC(=O)CCC(=O)c1nc2c(-c3ccccc3C)cccc2c(C#N)c1O. The first-order chi connectivity index (χ1) is 14.0. The molecule has 0 aliphatic heterocycles. The third kappa shape index (κ3) is 3.94. The quantitative estimate of drug-likeness (QED) is 0.499. The number of aryl methyl sites for hydroxylation is 1. The largest absolute Gasteiger partial charge is 0.504 e. The standard InChI is InChI=1S/C23H20N2O4/c1-3-29-20(27)12-11-19(26)22-23(28)18(13-24)17-10-6-9-16(21(17)25-22)15-8-5-4-7-14(15)2/h4-10,28H,3,11-12H2,1-2H3. The fourth-order valence-corrected chi connectivity index (χ4v) is 3.24. The van der Waals surface area contributed by atoms with E-state index in [-0.39, 0.29) is 30.7 Å². The van der Waals surface area contributed by atoms with Gasteiger partial charge in [-0.1, -0.05) is 42.5 Å². The molecule has 0 unspecified atom stereocenters. The number of ketones is 1. The van der Waals surface area contributed by atoms with E-state index in [9.17, 15) is 20.0 Å². The van der Waals surface area contributed by atoms with E-state index >= 15 is 0 Å². The third-order valence-corrected chi connectivity index (χ3v) is 4.66. The van der Waals surface area contributed by atoms with Crippen LogP contribution in [0.4, 0.5) is 0 Å². The van der Waals surface area contributed by atoms with Crippen molar-refractivity contribution < 1.29 is 19.4 Å². The number of benzene rings is 2. The van der Waals surface area contributed by atoms with Gasteiger partial charge in [-0.3, -0.25) is 9.59 Å². The molecule has 0 aliphatic carbocycles. The number of pyridine rings is 1. The fourth-order valence-electron chi connectivity index (χ4n) is 3.24. The highest BCUT2D eigenvalue weighted by molar-refractivity contribution is 6.05. The van der Waals surface area contributed by atoms with Gasteiger partial charge < -0.3 is 9.84 Å². The van der Waals surface area contributed by atoms with E-state index in [4.69, 9.17) is 4.74 Å². The van der Waals surface area contributed by atoms with Crippen molar-refractivity contribution >= 4 is 22.7 Å². The van der Waals surface area contributed by atoms with Gasteiger partial charge in [0.15, 0.2) is 11.5 Å². The van der Waals surface area contributed by atoms with Crippen LogP contribution in [0.15, 0.2) is 42.5 Å². The summed E-state index contributed by atoms with van der Waals surface area (Å²) in [5, 5.41) is 20.6. The average Bonchev–Trinajstić information content (AvgIpc) is 2.72. The van der Waals surface area contributed by atoms with Crippen molar-refractivity contribution in [1.29, 1.82) is 5.26 Å². The topological polar surface area (TPSA) is 100 Å². The van der Waals surface area contributed by atoms with Crippen LogP contribution in [0.3, 0.4) is 0 Å². The second-order valence-electron chi connectivity index (χ2n) is 6.54. The van der Waals surface area contributed by atoms with Crippen molar-refractivity contribution in [2.75, 3.05) is 6.61 Å². The van der Waals surface area contributed by atoms with E-state index in [1.165, 1.54) is 0 Å². The predicted molar refractivity (Wildman–Crippen MR) is 108 cm³/mol. The molecule has 3 aromatic rings. The lowest BCUT2D eigenvalue weighted by Gasteiger charge is -2.13. The van der Waals surface area contributed by atoms with Crippen molar-refractivity contribution in [3.8, 4) is 22.9 Å². The van der Waals surface area contributed by atoms with Crippen LogP contribution < -0.4 is 0 Å². The summed E-state index contributed by atoms with van der Waals surface area (Å²) in [4.78, 5) is 28.6. The number of aromatic hydroxyl groups is 1. The van der Waals surface area contributed by atoms with Gasteiger partial charge in [-0.05, 0) is 25.0 Å². The molecule has 0 fully saturated rings. The van der Waals surface area contributed by atoms with Crippen LogP contribution in [0.2, 0.25) is 0 Å². The zero-order valence-corrected chi connectivity index (χ0v) is 16.2. The summed E-state index contributed by atoms with van der Waals surface area (Å²) in [6, 6.07) is 15.0. The van der Waals surface area contributed by atoms with Gasteiger partial charge in [-0.25, -0.2) is 4.98 Å². The predicted octanol–water partition coefficient (Wildman–Crippen LogP) is 4.31. The number of fused-ring (bicyclic) bond motifs is 1. The van der Waals surface area contributed by atoms with E-state index in [0.717, 1.165) is 16.7 Å². The van der Waals surface area contributed by atoms with E-state index in [1.807, 2.05) is 43.3 Å². The van der Waals surface area contributed by atoms with E-state index < -0.39 is 17.5 Å². The van der Waals surface area contributed by atoms with Gasteiger partial charge in [-0.15, -0.1) is 0 Å². The molecule has 29 heavy (non-hydrogen) atoms. The number of esters is 1. The number of rotatable bonds is 6. The summed E-state index contributed by atoms with van der Waals surface area (Å²) < 4.78 is 4.84. The fraction of sp³-hybridized carbons (Fsp3) is 0.217. The van der Waals surface area contributed by atoms with Gasteiger partial charge in [0.2, 0.25) is 0 Å². The first-order valence-corrected chi connectivity index (χ1v) is 9.28. The monoisotopic (exact) mass is 388 g/mol. The highest BCUT2D eigenvalue weighted by Gasteiger charge is 2.22. The molecule has 6 heteroatoms. The van der Waals surface area contributed by atoms with E-state index in [1.54, 1.807) is 19.1 Å². The lowest BCUT2D eigenvalue weighted by atomic mass is 9.95. The van der Waals surface area contributed by atoms with Gasteiger partial charge in [0.25, 0.3) is 0 Å². The number of nitrogens with zero attached hydrogens (tertiary/aromatic N) is 2. The molecule has 6 nitrogen and oxygen atoms in total. The summed E-state index contributed by atoms with van der Waals surface area (Å²) in [6.45, 7) is 3.87. The number of hydrogen-bond acceptors (Lipinski definition) is 6. The maximum atomic E-state index is 12.7. The molecule has 2 aromatic carbocycles. The maximum absolute atomic E-state index is 12.7. The van der Waals surface area contributed by atoms with E-state index in [2.05, 4.69) is 4.98 Å². The number of Topliss-reactive ketones (excluding diaryl/α,β-unsaturated/α-hetero) is 1. The molecule has 0 saturated carbocycles. The van der Waals surface area contributed by atoms with Gasteiger partial charge in [0, 0.05) is 17.4 Å². The minimum absolute atomic E-state index is 0.00933. The summed E-state index contributed by atoms with van der Waals surface area (Å²) >= 11 is 0. The van der Waals surface area contributed by atoms with Crippen LogP contribution in [-0.4, -0.2) is 28.4 Å². The van der Waals surface area contributed by atoms with Crippen molar-refractivity contribution in [2.45, 2.75) is 26.7 Å². The van der Waals surface area contributed by atoms with Crippen LogP contribution in [0, 0.1) is 18.3 Å². The number of aromatic nitrogens is 1. The Labute approximate surface area is 168 Å². The molecule has 1 heterocycles. The summed E-state index contributed by atoms with van der Waals surface area (Å²) in [6.07, 6.45) is -0.282. The van der Waals surface area contributed by atoms with Crippen molar-refractivity contribution in [3.63, 3.8) is 0 Å². The van der Waals surface area contributed by atoms with Crippen LogP contribution >= 0.6 is 0 Å². The first-order valence-electron chi connectivity index (χ1n) is 9.28. The molecule has 146 valence electrons. The number of hydrogen-bond donors (Lipinski definition) is 1. The minimum atomic E-state index is -0.520. The molecule has 0 atom stereocenters. The molecule has 0 spiro atoms. The molecule has 0 amide bonds. The Kier molecular flexibility index (Phi) is 5.89. The second-order valence-corrected chi connectivity index (χ2v) is 6.54. The van der Waals surface area contributed by atoms with Gasteiger partial charge >= 0.3 is 5.97 Å². The zero-order chi connectivity index (χ0) is 21.0. The number of para-hydroxylation sites is 1. The van der Waals surface area contributed by atoms with Crippen molar-refractivity contribution in [2.24, 2.45) is 0 Å². The summed E-state index contributed by atoms with van der Waals surface area (Å²) in [7, 11) is 0. The average molecular weight is 388 g/mol. The number of ether oxygens (including phenoxy) is 1. The Morgan fingerprint density at radius 2 is 1.83 bits per heavy atom. The van der Waals surface area contributed by atoms with Crippen LogP contribution in [-0.2, 0) is 9.53 Å². The number of nitriles is 1. The summed E-state index contributed by atoms with van der Waals surface area (Å²) in [5.41, 5.74) is 2.94. The third-order valence-electron chi connectivity index (χ3n) is 4.66. The molecular weight excluding hydrogens is 368 g/mol. The molecular formula is C23H20N2O4. The molecule has 0 aliphatic rings. The molecule has 0 radical (unpaired) electrons. The number of carbonyl (C=O) groups excluding carboxylic acids is 2. The van der Waals surface area contributed by atoms with Crippen molar-refractivity contribution in [1.82, 2.24) is 4.98 Å². The Morgan fingerprint density at radius 1 is 1.10 bits per heavy atom. The molecule has 0 bridgehead atoms. The second kappa shape index (κ2) is 8.53. The Morgan fingerprint density at radius 3 is 2.52 bits per heavy atom. The minimum Gasteiger partial charge on any atom is -0.504 e. The van der Waals surface area contributed by atoms with Crippen LogP contribution in [0.1, 0.15) is 41.4 Å². The molecule has 0 saturated heterocycles. The normalized spacial score (nSPS) is 10.5. The zero-order valence-electron chi connectivity index (χ0n) is 16.2. The highest BCUT2D eigenvalue weighted by Crippen LogP contribution is 2.35. The highest BCUT2D eigenvalue weighted by atomic mass is 16.5. The summed E-state index contributed by atoms with van der Waals surface area (Å²) in [5.74, 6) is -1.48. The molecule has 3 rings (SSSR count). The van der Waals surface area contributed by atoms with Crippen LogP contribution in [0.5, 0.6) is 5.75 Å². The Hall–Kier alpha value is -3.72. The van der Waals surface area contributed by atoms with E-state index in [0.29, 0.717) is 10.9 Å². The van der Waals surface area contributed by atoms with Gasteiger partial charge in [0.1, 0.15) is 17.3 Å². The first kappa shape index (κ1) is 20.0.